The van der Waals surface area contributed by atoms with Crippen LogP contribution in [0.4, 0.5) is 0 Å². The Labute approximate surface area is 135 Å². The number of hydrogen-bond donors (Lipinski definition) is 0. The van der Waals surface area contributed by atoms with E-state index < -0.39 is 0 Å². The highest BCUT2D eigenvalue weighted by molar-refractivity contribution is 5.89. The third-order valence-electron chi connectivity index (χ3n) is 3.85. The summed E-state index contributed by atoms with van der Waals surface area (Å²) in [6.45, 7) is 2.64. The molecule has 116 valence electrons. The highest BCUT2D eigenvalue weighted by Crippen LogP contribution is 2.29. The molecule has 0 aliphatic carbocycles. The molecule has 0 spiro atoms. The van der Waals surface area contributed by atoms with Crippen LogP contribution in [0.25, 0.3) is 12.2 Å². The first kappa shape index (κ1) is 15.1. The fourth-order valence-electron chi connectivity index (χ4n) is 2.52. The van der Waals surface area contributed by atoms with Gasteiger partial charge in [0.05, 0.1) is 12.7 Å². The Morgan fingerprint density at radius 3 is 2.61 bits per heavy atom. The maximum Gasteiger partial charge on any atom is 0.337 e. The standard InChI is InChI=1S/C20H18O3/c1-14(11-15-7-9-16(10-8-15)20(21)22-2)18-12-17-5-3-4-6-19(17)23-13-18/h3-12H,13H2,1-2H3. The zero-order chi connectivity index (χ0) is 16.2. The van der Waals surface area contributed by atoms with E-state index in [1.807, 2.05) is 36.4 Å². The van der Waals surface area contributed by atoms with Gasteiger partial charge in [0.15, 0.2) is 0 Å². The largest absolute Gasteiger partial charge is 0.488 e. The third-order valence-corrected chi connectivity index (χ3v) is 3.85. The summed E-state index contributed by atoms with van der Waals surface area (Å²) < 4.78 is 10.5. The van der Waals surface area contributed by atoms with Gasteiger partial charge in [0.25, 0.3) is 0 Å². The molecule has 0 unspecified atom stereocenters. The molecule has 0 N–H and O–H groups in total. The number of ether oxygens (including phenoxy) is 2. The first-order valence-corrected chi connectivity index (χ1v) is 7.47. The SMILES string of the molecule is COC(=O)c1ccc(C=C(C)C2=Cc3ccccc3OC2)cc1. The molecule has 3 rings (SSSR count). The van der Waals surface area contributed by atoms with Gasteiger partial charge in [0, 0.05) is 5.56 Å². The second-order valence-corrected chi connectivity index (χ2v) is 5.44. The first-order valence-electron chi connectivity index (χ1n) is 7.47. The molecular weight excluding hydrogens is 288 g/mol. The normalized spacial score (nSPS) is 13.7. The number of benzene rings is 2. The molecule has 0 atom stereocenters. The summed E-state index contributed by atoms with van der Waals surface area (Å²) in [5.41, 5.74) is 4.99. The second-order valence-electron chi connectivity index (χ2n) is 5.44. The van der Waals surface area contributed by atoms with E-state index in [4.69, 9.17) is 9.47 Å². The van der Waals surface area contributed by atoms with Gasteiger partial charge in [-0.2, -0.15) is 0 Å². The maximum absolute atomic E-state index is 11.4. The molecule has 1 aliphatic rings. The summed E-state index contributed by atoms with van der Waals surface area (Å²) in [7, 11) is 1.38. The molecule has 23 heavy (non-hydrogen) atoms. The van der Waals surface area contributed by atoms with Gasteiger partial charge in [-0.3, -0.25) is 0 Å². The number of esters is 1. The topological polar surface area (TPSA) is 35.5 Å². The van der Waals surface area contributed by atoms with Crippen molar-refractivity contribution in [1.82, 2.24) is 0 Å². The molecule has 0 saturated carbocycles. The van der Waals surface area contributed by atoms with Crippen LogP contribution in [0.5, 0.6) is 5.75 Å². The molecule has 0 radical (unpaired) electrons. The number of rotatable bonds is 3. The minimum atomic E-state index is -0.322. The van der Waals surface area contributed by atoms with E-state index >= 15 is 0 Å². The average molecular weight is 306 g/mol. The molecule has 0 fully saturated rings. The van der Waals surface area contributed by atoms with Gasteiger partial charge < -0.3 is 9.47 Å². The van der Waals surface area contributed by atoms with E-state index in [0.717, 1.165) is 28.0 Å². The van der Waals surface area contributed by atoms with Crippen LogP contribution in [0.1, 0.15) is 28.4 Å². The van der Waals surface area contributed by atoms with Crippen molar-refractivity contribution < 1.29 is 14.3 Å². The zero-order valence-electron chi connectivity index (χ0n) is 13.2. The Bertz CT molecular complexity index is 783. The molecular formula is C20H18O3. The quantitative estimate of drug-likeness (QED) is 0.791. The highest BCUT2D eigenvalue weighted by Gasteiger charge is 2.12. The fourth-order valence-corrected chi connectivity index (χ4v) is 2.52. The van der Waals surface area contributed by atoms with E-state index in [1.54, 1.807) is 12.1 Å². The smallest absolute Gasteiger partial charge is 0.337 e. The average Bonchev–Trinajstić information content (AvgIpc) is 2.61. The van der Waals surface area contributed by atoms with Gasteiger partial charge in [-0.25, -0.2) is 4.79 Å². The summed E-state index contributed by atoms with van der Waals surface area (Å²) in [6, 6.07) is 15.4. The van der Waals surface area contributed by atoms with Gasteiger partial charge in [-0.15, -0.1) is 0 Å². The number of carbonyl (C=O) groups excluding carboxylic acids is 1. The lowest BCUT2D eigenvalue weighted by molar-refractivity contribution is 0.0600. The van der Waals surface area contributed by atoms with Crippen molar-refractivity contribution in [3.05, 3.63) is 76.4 Å². The van der Waals surface area contributed by atoms with Crippen molar-refractivity contribution in [3.63, 3.8) is 0 Å². The summed E-state index contributed by atoms with van der Waals surface area (Å²) in [6.07, 6.45) is 4.25. The lowest BCUT2D eigenvalue weighted by Crippen LogP contribution is -2.07. The van der Waals surface area contributed by atoms with Gasteiger partial charge in [-0.05, 0) is 47.9 Å². The molecule has 1 aliphatic heterocycles. The van der Waals surface area contributed by atoms with Crippen LogP contribution in [0.15, 0.2) is 59.7 Å². The molecule has 0 aromatic heterocycles. The van der Waals surface area contributed by atoms with Crippen LogP contribution in [-0.2, 0) is 4.74 Å². The summed E-state index contributed by atoms with van der Waals surface area (Å²) in [5, 5.41) is 0. The predicted octanol–water partition coefficient (Wildman–Crippen LogP) is 4.35. The minimum absolute atomic E-state index is 0.322. The zero-order valence-corrected chi connectivity index (χ0v) is 13.2. The number of hydrogen-bond acceptors (Lipinski definition) is 3. The van der Waals surface area contributed by atoms with Crippen molar-refractivity contribution in [3.8, 4) is 5.75 Å². The second kappa shape index (κ2) is 6.53. The number of carbonyl (C=O) groups is 1. The summed E-state index contributed by atoms with van der Waals surface area (Å²) >= 11 is 0. The van der Waals surface area contributed by atoms with Crippen LogP contribution in [0.3, 0.4) is 0 Å². The molecule has 3 heteroatoms. The van der Waals surface area contributed by atoms with Crippen molar-refractivity contribution in [2.75, 3.05) is 13.7 Å². The number of fused-ring (bicyclic) bond motifs is 1. The number of methoxy groups -OCH3 is 1. The Balaban J connectivity index is 1.83. The van der Waals surface area contributed by atoms with Gasteiger partial charge >= 0.3 is 5.97 Å². The van der Waals surface area contributed by atoms with Gasteiger partial charge in [-0.1, -0.05) is 36.4 Å². The molecule has 0 amide bonds. The third kappa shape index (κ3) is 3.34. The Hall–Kier alpha value is -2.81. The van der Waals surface area contributed by atoms with Gasteiger partial charge in [0.1, 0.15) is 12.4 Å². The van der Waals surface area contributed by atoms with Crippen molar-refractivity contribution >= 4 is 18.1 Å². The van der Waals surface area contributed by atoms with Crippen molar-refractivity contribution in [2.24, 2.45) is 0 Å². The van der Waals surface area contributed by atoms with Gasteiger partial charge in [0.2, 0.25) is 0 Å². The molecule has 3 nitrogen and oxygen atoms in total. The fraction of sp³-hybridized carbons (Fsp3) is 0.150. The van der Waals surface area contributed by atoms with E-state index in [0.29, 0.717) is 12.2 Å². The first-order chi connectivity index (χ1) is 11.2. The lowest BCUT2D eigenvalue weighted by Gasteiger charge is -2.18. The van der Waals surface area contributed by atoms with Crippen LogP contribution >= 0.6 is 0 Å². The van der Waals surface area contributed by atoms with Crippen LogP contribution in [-0.4, -0.2) is 19.7 Å². The molecule has 2 aromatic rings. The van der Waals surface area contributed by atoms with Crippen LogP contribution in [0, 0.1) is 0 Å². The van der Waals surface area contributed by atoms with E-state index in [9.17, 15) is 4.79 Å². The van der Waals surface area contributed by atoms with E-state index in [2.05, 4.69) is 19.1 Å². The highest BCUT2D eigenvalue weighted by atomic mass is 16.5. The summed E-state index contributed by atoms with van der Waals surface area (Å²) in [4.78, 5) is 11.4. The predicted molar refractivity (Wildman–Crippen MR) is 91.3 cm³/mol. The number of para-hydroxylation sites is 1. The molecule has 1 heterocycles. The monoisotopic (exact) mass is 306 g/mol. The Kier molecular flexibility index (Phi) is 4.29. The molecule has 2 aromatic carbocycles. The van der Waals surface area contributed by atoms with Crippen molar-refractivity contribution in [2.45, 2.75) is 6.92 Å². The minimum Gasteiger partial charge on any atom is -0.488 e. The Morgan fingerprint density at radius 1 is 1.13 bits per heavy atom. The van der Waals surface area contributed by atoms with E-state index in [-0.39, 0.29) is 5.97 Å². The maximum atomic E-state index is 11.4. The van der Waals surface area contributed by atoms with Crippen LogP contribution < -0.4 is 4.74 Å². The Morgan fingerprint density at radius 2 is 1.87 bits per heavy atom. The van der Waals surface area contributed by atoms with E-state index in [1.165, 1.54) is 7.11 Å². The summed E-state index contributed by atoms with van der Waals surface area (Å²) in [5.74, 6) is 0.601. The molecule has 0 bridgehead atoms. The van der Waals surface area contributed by atoms with Crippen LogP contribution in [0.2, 0.25) is 0 Å². The van der Waals surface area contributed by atoms with Crippen molar-refractivity contribution in [1.29, 1.82) is 0 Å². The molecule has 0 saturated heterocycles. The lowest BCUT2D eigenvalue weighted by atomic mass is 10.00.